The van der Waals surface area contributed by atoms with Crippen LogP contribution in [0.25, 0.3) is 10.6 Å². The van der Waals surface area contributed by atoms with Gasteiger partial charge >= 0.3 is 0 Å². The average Bonchev–Trinajstić information content (AvgIpc) is 2.74. The number of nitrogens with two attached hydrogens (primary N) is 1. The molecular formula is C10H13N3S. The maximum absolute atomic E-state index is 5.55. The number of rotatable bonds is 3. The molecule has 0 aliphatic carbocycles. The van der Waals surface area contributed by atoms with Gasteiger partial charge in [0.05, 0.1) is 4.88 Å². The number of nitrogens with one attached hydrogen (secondary N) is 1. The third-order valence-corrected chi connectivity index (χ3v) is 2.92. The van der Waals surface area contributed by atoms with E-state index in [1.807, 2.05) is 13.0 Å². The van der Waals surface area contributed by atoms with E-state index in [2.05, 4.69) is 21.4 Å². The summed E-state index contributed by atoms with van der Waals surface area (Å²) in [5.41, 5.74) is 7.75. The predicted molar refractivity (Wildman–Crippen MR) is 59.4 cm³/mol. The molecule has 0 aromatic carbocycles. The van der Waals surface area contributed by atoms with Gasteiger partial charge in [-0.05, 0) is 24.9 Å². The molecular weight excluding hydrogens is 194 g/mol. The standard InChI is InChI=1S/C10H13N3S/c1-7-12-8(4-5-11)10(13-7)9-3-2-6-14-9/h2-3,6H,4-5,11H2,1H3,(H,12,13). The zero-order valence-corrected chi connectivity index (χ0v) is 8.90. The maximum Gasteiger partial charge on any atom is 0.103 e. The van der Waals surface area contributed by atoms with Crippen molar-refractivity contribution in [1.29, 1.82) is 0 Å². The van der Waals surface area contributed by atoms with Crippen molar-refractivity contribution in [3.8, 4) is 10.6 Å². The molecule has 2 heterocycles. The summed E-state index contributed by atoms with van der Waals surface area (Å²) in [5, 5.41) is 2.06. The second-order valence-corrected chi connectivity index (χ2v) is 4.11. The molecule has 2 aromatic heterocycles. The van der Waals surface area contributed by atoms with Crippen LogP contribution >= 0.6 is 11.3 Å². The van der Waals surface area contributed by atoms with Gasteiger partial charge in [0, 0.05) is 12.1 Å². The molecule has 0 saturated heterocycles. The molecule has 0 saturated carbocycles. The first-order chi connectivity index (χ1) is 6.81. The first kappa shape index (κ1) is 9.43. The lowest BCUT2D eigenvalue weighted by atomic mass is 10.2. The first-order valence-electron chi connectivity index (χ1n) is 4.60. The van der Waals surface area contributed by atoms with Gasteiger partial charge in [0.2, 0.25) is 0 Å². The highest BCUT2D eigenvalue weighted by molar-refractivity contribution is 7.13. The van der Waals surface area contributed by atoms with E-state index in [-0.39, 0.29) is 0 Å². The smallest absolute Gasteiger partial charge is 0.103 e. The van der Waals surface area contributed by atoms with E-state index in [9.17, 15) is 0 Å². The van der Waals surface area contributed by atoms with Gasteiger partial charge in [0.25, 0.3) is 0 Å². The van der Waals surface area contributed by atoms with Crippen LogP contribution in [0.4, 0.5) is 0 Å². The minimum atomic E-state index is 0.653. The highest BCUT2D eigenvalue weighted by Gasteiger charge is 2.09. The van der Waals surface area contributed by atoms with Gasteiger partial charge in [-0.15, -0.1) is 11.3 Å². The minimum Gasteiger partial charge on any atom is -0.346 e. The Morgan fingerprint density at radius 2 is 2.43 bits per heavy atom. The summed E-state index contributed by atoms with van der Waals surface area (Å²) in [4.78, 5) is 8.93. The zero-order valence-electron chi connectivity index (χ0n) is 8.08. The number of thiophene rings is 1. The van der Waals surface area contributed by atoms with Gasteiger partial charge in [-0.3, -0.25) is 0 Å². The SMILES string of the molecule is Cc1nc(-c2cccs2)c(CCN)[nH]1. The van der Waals surface area contributed by atoms with Gasteiger partial charge in [-0.1, -0.05) is 6.07 Å². The summed E-state index contributed by atoms with van der Waals surface area (Å²) in [5.74, 6) is 0.955. The third-order valence-electron chi connectivity index (χ3n) is 2.05. The van der Waals surface area contributed by atoms with E-state index in [1.54, 1.807) is 11.3 Å². The van der Waals surface area contributed by atoms with Crippen LogP contribution in [0, 0.1) is 6.92 Å². The topological polar surface area (TPSA) is 54.7 Å². The molecule has 14 heavy (non-hydrogen) atoms. The van der Waals surface area contributed by atoms with Crippen LogP contribution in [0.15, 0.2) is 17.5 Å². The summed E-state index contributed by atoms with van der Waals surface area (Å²) >= 11 is 1.71. The normalized spacial score (nSPS) is 10.7. The Morgan fingerprint density at radius 3 is 3.07 bits per heavy atom. The highest BCUT2D eigenvalue weighted by atomic mass is 32.1. The van der Waals surface area contributed by atoms with Gasteiger partial charge < -0.3 is 10.7 Å². The van der Waals surface area contributed by atoms with Crippen molar-refractivity contribution in [2.45, 2.75) is 13.3 Å². The van der Waals surface area contributed by atoms with Gasteiger partial charge in [0.1, 0.15) is 11.5 Å². The molecule has 0 spiro atoms. The third kappa shape index (κ3) is 1.71. The largest absolute Gasteiger partial charge is 0.346 e. The van der Waals surface area contributed by atoms with Crippen molar-refractivity contribution < 1.29 is 0 Å². The predicted octanol–water partition coefficient (Wildman–Crippen LogP) is 1.95. The Balaban J connectivity index is 2.41. The molecule has 0 unspecified atom stereocenters. The lowest BCUT2D eigenvalue weighted by Crippen LogP contribution is -2.03. The molecule has 4 heteroatoms. The molecule has 0 aliphatic heterocycles. The molecule has 74 valence electrons. The lowest BCUT2D eigenvalue weighted by molar-refractivity contribution is 0.931. The molecule has 3 N–H and O–H groups in total. The van der Waals surface area contributed by atoms with Crippen molar-refractivity contribution in [2.24, 2.45) is 5.73 Å². The summed E-state index contributed by atoms with van der Waals surface area (Å²) in [6.45, 7) is 2.62. The number of aryl methyl sites for hydroxylation is 1. The number of hydrogen-bond donors (Lipinski definition) is 2. The quantitative estimate of drug-likeness (QED) is 0.808. The van der Waals surface area contributed by atoms with E-state index in [0.29, 0.717) is 6.54 Å². The Kier molecular flexibility index (Phi) is 2.65. The molecule has 0 fully saturated rings. The second kappa shape index (κ2) is 3.94. The van der Waals surface area contributed by atoms with Gasteiger partial charge in [-0.2, -0.15) is 0 Å². The molecule has 2 rings (SSSR count). The number of aromatic nitrogens is 2. The Labute approximate surface area is 87.0 Å². The summed E-state index contributed by atoms with van der Waals surface area (Å²) in [6.07, 6.45) is 0.855. The van der Waals surface area contributed by atoms with Crippen molar-refractivity contribution in [3.05, 3.63) is 29.0 Å². The molecule has 0 aliphatic rings. The Hall–Kier alpha value is -1.13. The van der Waals surface area contributed by atoms with Crippen molar-refractivity contribution in [3.63, 3.8) is 0 Å². The summed E-state index contributed by atoms with van der Waals surface area (Å²) < 4.78 is 0. The van der Waals surface area contributed by atoms with Crippen LogP contribution < -0.4 is 5.73 Å². The number of aromatic amines is 1. The van der Waals surface area contributed by atoms with E-state index in [4.69, 9.17) is 5.73 Å². The molecule has 0 radical (unpaired) electrons. The van der Waals surface area contributed by atoms with Crippen molar-refractivity contribution in [2.75, 3.05) is 6.54 Å². The summed E-state index contributed by atoms with van der Waals surface area (Å²) in [6, 6.07) is 4.12. The monoisotopic (exact) mass is 207 g/mol. The van der Waals surface area contributed by atoms with E-state index < -0.39 is 0 Å². The lowest BCUT2D eigenvalue weighted by Gasteiger charge is -1.96. The molecule has 2 aromatic rings. The zero-order chi connectivity index (χ0) is 9.97. The Bertz CT molecular complexity index is 403. The number of imidazole rings is 1. The number of nitrogens with zero attached hydrogens (tertiary/aromatic N) is 1. The molecule has 3 nitrogen and oxygen atoms in total. The van der Waals surface area contributed by atoms with Gasteiger partial charge in [0.15, 0.2) is 0 Å². The Morgan fingerprint density at radius 1 is 1.57 bits per heavy atom. The average molecular weight is 207 g/mol. The molecule has 0 bridgehead atoms. The number of H-pyrrole nitrogens is 1. The van der Waals surface area contributed by atoms with Crippen LogP contribution in [0.3, 0.4) is 0 Å². The van der Waals surface area contributed by atoms with E-state index in [1.165, 1.54) is 4.88 Å². The van der Waals surface area contributed by atoms with E-state index in [0.717, 1.165) is 23.6 Å². The highest BCUT2D eigenvalue weighted by Crippen LogP contribution is 2.26. The van der Waals surface area contributed by atoms with Crippen LogP contribution in [0.1, 0.15) is 11.5 Å². The van der Waals surface area contributed by atoms with Crippen LogP contribution in [-0.4, -0.2) is 16.5 Å². The fourth-order valence-corrected chi connectivity index (χ4v) is 2.22. The van der Waals surface area contributed by atoms with E-state index >= 15 is 0 Å². The first-order valence-corrected chi connectivity index (χ1v) is 5.48. The molecule has 0 atom stereocenters. The summed E-state index contributed by atoms with van der Waals surface area (Å²) in [7, 11) is 0. The van der Waals surface area contributed by atoms with Gasteiger partial charge in [-0.25, -0.2) is 4.98 Å². The fraction of sp³-hybridized carbons (Fsp3) is 0.300. The number of hydrogen-bond acceptors (Lipinski definition) is 3. The van der Waals surface area contributed by atoms with Crippen LogP contribution in [0.2, 0.25) is 0 Å². The fourth-order valence-electron chi connectivity index (χ4n) is 1.48. The molecule has 0 amide bonds. The minimum absolute atomic E-state index is 0.653. The second-order valence-electron chi connectivity index (χ2n) is 3.17. The van der Waals surface area contributed by atoms with Crippen LogP contribution in [0.5, 0.6) is 0 Å². The van der Waals surface area contributed by atoms with Crippen LogP contribution in [-0.2, 0) is 6.42 Å². The maximum atomic E-state index is 5.55. The van der Waals surface area contributed by atoms with Crippen molar-refractivity contribution in [1.82, 2.24) is 9.97 Å². The van der Waals surface area contributed by atoms with Crippen molar-refractivity contribution >= 4 is 11.3 Å².